The number of benzene rings is 2. The fraction of sp³-hybridized carbons (Fsp3) is 0. The molecule has 0 aromatic heterocycles. The molecule has 0 saturated carbocycles. The molecule has 0 aliphatic carbocycles. The van der Waals surface area contributed by atoms with Gasteiger partial charge < -0.3 is 10.6 Å². The molecule has 2 rings (SSSR count). The number of hydrogen-bond donors (Lipinski definition) is 2. The average Bonchev–Trinajstić information content (AvgIpc) is 2.50. The van der Waals surface area contributed by atoms with Crippen molar-refractivity contribution in [2.75, 3.05) is 10.6 Å². The van der Waals surface area contributed by atoms with Crippen LogP contribution in [0, 0.1) is 17.1 Å². The van der Waals surface area contributed by atoms with Crippen molar-refractivity contribution in [1.82, 2.24) is 0 Å². The first-order valence-corrected chi connectivity index (χ1v) is 6.65. The highest BCUT2D eigenvalue weighted by molar-refractivity contribution is 6.30. The van der Waals surface area contributed by atoms with Gasteiger partial charge in [-0.15, -0.1) is 0 Å². The van der Waals surface area contributed by atoms with Gasteiger partial charge in [0.2, 0.25) is 0 Å². The summed E-state index contributed by atoms with van der Waals surface area (Å²) >= 11 is 5.75. The van der Waals surface area contributed by atoms with Gasteiger partial charge in [-0.1, -0.05) is 17.7 Å². The van der Waals surface area contributed by atoms with Crippen LogP contribution in [-0.2, 0) is 4.79 Å². The third-order valence-electron chi connectivity index (χ3n) is 2.67. The molecule has 0 heterocycles. The Morgan fingerprint density at radius 1 is 1.18 bits per heavy atom. The summed E-state index contributed by atoms with van der Waals surface area (Å²) in [6.07, 6.45) is 1.22. The third-order valence-corrected chi connectivity index (χ3v) is 2.93. The fourth-order valence-electron chi connectivity index (χ4n) is 1.61. The lowest BCUT2D eigenvalue weighted by Crippen LogP contribution is -2.14. The minimum absolute atomic E-state index is 0.140. The minimum Gasteiger partial charge on any atom is -0.360 e. The Morgan fingerprint density at radius 2 is 1.91 bits per heavy atom. The Bertz CT molecular complexity index is 751. The van der Waals surface area contributed by atoms with Crippen molar-refractivity contribution in [2.45, 2.75) is 0 Å². The molecule has 22 heavy (non-hydrogen) atoms. The highest BCUT2D eigenvalue weighted by atomic mass is 35.5. The van der Waals surface area contributed by atoms with E-state index in [1.54, 1.807) is 36.4 Å². The van der Waals surface area contributed by atoms with Gasteiger partial charge in [0.15, 0.2) is 0 Å². The summed E-state index contributed by atoms with van der Waals surface area (Å²) < 4.78 is 13.0. The molecule has 0 fully saturated rings. The molecule has 6 heteroatoms. The van der Waals surface area contributed by atoms with Gasteiger partial charge in [0.05, 0.1) is 0 Å². The molecule has 4 nitrogen and oxygen atoms in total. The van der Waals surface area contributed by atoms with E-state index < -0.39 is 11.7 Å². The summed E-state index contributed by atoms with van der Waals surface area (Å²) in [5.74, 6) is -0.990. The van der Waals surface area contributed by atoms with E-state index in [0.29, 0.717) is 16.4 Å². The highest BCUT2D eigenvalue weighted by Gasteiger charge is 2.09. The minimum atomic E-state index is -0.575. The van der Waals surface area contributed by atoms with Gasteiger partial charge in [-0.2, -0.15) is 5.26 Å². The van der Waals surface area contributed by atoms with Gasteiger partial charge in [-0.25, -0.2) is 4.39 Å². The molecule has 0 aliphatic heterocycles. The molecular weight excluding hydrogens is 305 g/mol. The van der Waals surface area contributed by atoms with E-state index in [4.69, 9.17) is 16.9 Å². The van der Waals surface area contributed by atoms with Crippen LogP contribution in [-0.4, -0.2) is 5.91 Å². The Morgan fingerprint density at radius 3 is 2.55 bits per heavy atom. The SMILES string of the molecule is N#C/C(=C/Nc1cccc(F)c1)C(=O)Nc1ccc(Cl)cc1. The number of nitriles is 1. The topological polar surface area (TPSA) is 64.9 Å². The summed E-state index contributed by atoms with van der Waals surface area (Å²) in [6, 6.07) is 14.0. The molecule has 0 radical (unpaired) electrons. The van der Waals surface area contributed by atoms with Gasteiger partial charge in [0.25, 0.3) is 5.91 Å². The molecular formula is C16H11ClFN3O. The van der Waals surface area contributed by atoms with E-state index in [1.165, 1.54) is 24.4 Å². The monoisotopic (exact) mass is 315 g/mol. The zero-order valence-electron chi connectivity index (χ0n) is 11.3. The van der Waals surface area contributed by atoms with Crippen molar-refractivity contribution in [3.8, 4) is 6.07 Å². The van der Waals surface area contributed by atoms with Crippen LogP contribution in [0.5, 0.6) is 0 Å². The first-order chi connectivity index (χ1) is 10.6. The first-order valence-electron chi connectivity index (χ1n) is 6.28. The molecule has 2 aromatic carbocycles. The van der Waals surface area contributed by atoms with E-state index >= 15 is 0 Å². The second-order valence-electron chi connectivity index (χ2n) is 4.29. The Balaban J connectivity index is 2.07. The van der Waals surface area contributed by atoms with Crippen molar-refractivity contribution >= 4 is 28.9 Å². The number of rotatable bonds is 4. The second kappa shape index (κ2) is 7.25. The van der Waals surface area contributed by atoms with Crippen molar-refractivity contribution in [2.24, 2.45) is 0 Å². The third kappa shape index (κ3) is 4.33. The number of amides is 1. The van der Waals surface area contributed by atoms with Gasteiger partial charge in [0.1, 0.15) is 17.5 Å². The Hall–Kier alpha value is -2.84. The number of anilines is 2. The summed E-state index contributed by atoms with van der Waals surface area (Å²) in [5.41, 5.74) is 0.813. The summed E-state index contributed by atoms with van der Waals surface area (Å²) in [4.78, 5) is 12.0. The smallest absolute Gasteiger partial charge is 0.267 e. The zero-order chi connectivity index (χ0) is 15.9. The summed E-state index contributed by atoms with van der Waals surface area (Å²) in [6.45, 7) is 0. The molecule has 110 valence electrons. The van der Waals surface area contributed by atoms with E-state index in [2.05, 4.69) is 10.6 Å². The quantitative estimate of drug-likeness (QED) is 0.663. The predicted octanol–water partition coefficient (Wildman–Crippen LogP) is 3.94. The van der Waals surface area contributed by atoms with Crippen LogP contribution in [0.25, 0.3) is 0 Å². The van der Waals surface area contributed by atoms with Gasteiger partial charge in [-0.05, 0) is 42.5 Å². The van der Waals surface area contributed by atoms with Crippen molar-refractivity contribution < 1.29 is 9.18 Å². The van der Waals surface area contributed by atoms with E-state index in [0.717, 1.165) is 0 Å². The van der Waals surface area contributed by atoms with Crippen molar-refractivity contribution in [3.05, 3.63) is 71.1 Å². The molecule has 0 bridgehead atoms. The number of hydrogen-bond acceptors (Lipinski definition) is 3. The first kappa shape index (κ1) is 15.5. The molecule has 2 N–H and O–H groups in total. The molecule has 1 amide bonds. The molecule has 2 aromatic rings. The van der Waals surface area contributed by atoms with Gasteiger partial charge in [-0.3, -0.25) is 4.79 Å². The van der Waals surface area contributed by atoms with Crippen LogP contribution in [0.1, 0.15) is 0 Å². The van der Waals surface area contributed by atoms with Crippen LogP contribution < -0.4 is 10.6 Å². The van der Waals surface area contributed by atoms with E-state index in [1.807, 2.05) is 0 Å². The van der Waals surface area contributed by atoms with Crippen LogP contribution in [0.15, 0.2) is 60.3 Å². The number of carbonyl (C=O) groups excluding carboxylic acids is 1. The lowest BCUT2D eigenvalue weighted by molar-refractivity contribution is -0.112. The van der Waals surface area contributed by atoms with Gasteiger partial charge in [0, 0.05) is 22.6 Å². The molecule has 0 spiro atoms. The maximum Gasteiger partial charge on any atom is 0.267 e. The number of carbonyl (C=O) groups is 1. The largest absolute Gasteiger partial charge is 0.360 e. The number of nitrogens with zero attached hydrogens (tertiary/aromatic N) is 1. The number of halogens is 2. The van der Waals surface area contributed by atoms with Gasteiger partial charge >= 0.3 is 0 Å². The summed E-state index contributed by atoms with van der Waals surface area (Å²) in [7, 11) is 0. The standard InChI is InChI=1S/C16H11ClFN3O/c17-12-4-6-14(7-5-12)21-16(22)11(9-19)10-20-15-3-1-2-13(18)8-15/h1-8,10,20H,(H,21,22)/b11-10-. The normalized spacial score (nSPS) is 10.7. The van der Waals surface area contributed by atoms with Crippen LogP contribution in [0.3, 0.4) is 0 Å². The van der Waals surface area contributed by atoms with Crippen LogP contribution in [0.4, 0.5) is 15.8 Å². The number of nitrogens with one attached hydrogen (secondary N) is 2. The van der Waals surface area contributed by atoms with Crippen LogP contribution in [0.2, 0.25) is 5.02 Å². The summed E-state index contributed by atoms with van der Waals surface area (Å²) in [5, 5.41) is 14.9. The van der Waals surface area contributed by atoms with Crippen molar-refractivity contribution in [1.29, 1.82) is 5.26 Å². The van der Waals surface area contributed by atoms with E-state index in [9.17, 15) is 9.18 Å². The van der Waals surface area contributed by atoms with Crippen molar-refractivity contribution in [3.63, 3.8) is 0 Å². The lowest BCUT2D eigenvalue weighted by Gasteiger charge is -2.05. The Labute approximate surface area is 131 Å². The average molecular weight is 316 g/mol. The molecule has 0 saturated heterocycles. The maximum atomic E-state index is 13.0. The molecule has 0 aliphatic rings. The van der Waals surface area contributed by atoms with E-state index in [-0.39, 0.29) is 5.57 Å². The predicted molar refractivity (Wildman–Crippen MR) is 83.8 cm³/mol. The fourth-order valence-corrected chi connectivity index (χ4v) is 1.74. The Kier molecular flexibility index (Phi) is 5.12. The molecule has 0 unspecified atom stereocenters. The maximum absolute atomic E-state index is 13.0. The zero-order valence-corrected chi connectivity index (χ0v) is 12.1. The second-order valence-corrected chi connectivity index (χ2v) is 4.72. The van der Waals surface area contributed by atoms with Crippen LogP contribution >= 0.6 is 11.6 Å². The molecule has 0 atom stereocenters. The highest BCUT2D eigenvalue weighted by Crippen LogP contribution is 2.14. The lowest BCUT2D eigenvalue weighted by atomic mass is 10.2.